The van der Waals surface area contributed by atoms with E-state index in [4.69, 9.17) is 0 Å². The summed E-state index contributed by atoms with van der Waals surface area (Å²) in [6, 6.07) is 10.9. The Balaban J connectivity index is 1.64. The second-order valence-electron chi connectivity index (χ2n) is 6.78. The third-order valence-electron chi connectivity index (χ3n) is 4.76. The maximum atomic E-state index is 12.3. The summed E-state index contributed by atoms with van der Waals surface area (Å²) in [6.45, 7) is 5.49. The molecule has 3 rings (SSSR count). The number of anilines is 2. The Morgan fingerprint density at radius 1 is 1.23 bits per heavy atom. The summed E-state index contributed by atoms with van der Waals surface area (Å²) in [5.74, 6) is -0.132. The Kier molecular flexibility index (Phi) is 5.21. The average molecular weight is 353 g/mol. The Morgan fingerprint density at radius 2 is 2.04 bits per heavy atom. The van der Waals surface area contributed by atoms with E-state index < -0.39 is 4.92 Å². The van der Waals surface area contributed by atoms with Gasteiger partial charge in [-0.3, -0.25) is 14.9 Å². The fourth-order valence-corrected chi connectivity index (χ4v) is 3.34. The number of rotatable bonds is 5. The fraction of sp³-hybridized carbons (Fsp3) is 0.350. The number of fused-ring (bicyclic) bond motifs is 1. The third-order valence-corrected chi connectivity index (χ3v) is 4.76. The molecule has 0 bridgehead atoms. The molecule has 26 heavy (non-hydrogen) atoms. The molecule has 2 aromatic rings. The molecule has 136 valence electrons. The van der Waals surface area contributed by atoms with E-state index in [0.29, 0.717) is 18.7 Å². The number of carbonyl (C=O) groups is 1. The first-order chi connectivity index (χ1) is 12.4. The van der Waals surface area contributed by atoms with Gasteiger partial charge in [-0.2, -0.15) is 0 Å². The SMILES string of the molecule is Cc1ccc2c(c1)CCCN2CCC(=O)Nc1cc([N+](=O)[O-])ccc1C. The van der Waals surface area contributed by atoms with Crippen molar-refractivity contribution in [2.24, 2.45) is 0 Å². The van der Waals surface area contributed by atoms with Gasteiger partial charge in [0.2, 0.25) is 5.91 Å². The molecule has 0 atom stereocenters. The number of nitrogens with one attached hydrogen (secondary N) is 1. The van der Waals surface area contributed by atoms with Crippen LogP contribution in [0.4, 0.5) is 17.1 Å². The van der Waals surface area contributed by atoms with E-state index in [0.717, 1.165) is 24.9 Å². The van der Waals surface area contributed by atoms with E-state index in [1.54, 1.807) is 6.07 Å². The predicted octanol–water partition coefficient (Wildman–Crippen LogP) is 3.99. The first kappa shape index (κ1) is 17.9. The van der Waals surface area contributed by atoms with Crippen molar-refractivity contribution in [1.29, 1.82) is 0 Å². The van der Waals surface area contributed by atoms with Gasteiger partial charge in [-0.1, -0.05) is 23.8 Å². The van der Waals surface area contributed by atoms with Crippen molar-refractivity contribution in [2.75, 3.05) is 23.3 Å². The van der Waals surface area contributed by atoms with Gasteiger partial charge in [0.25, 0.3) is 5.69 Å². The molecule has 0 radical (unpaired) electrons. The number of amides is 1. The van der Waals surface area contributed by atoms with Crippen LogP contribution >= 0.6 is 0 Å². The number of benzene rings is 2. The van der Waals surface area contributed by atoms with Crippen LogP contribution in [0.25, 0.3) is 0 Å². The normalized spacial score (nSPS) is 13.2. The van der Waals surface area contributed by atoms with Gasteiger partial charge in [0.05, 0.1) is 10.6 Å². The van der Waals surface area contributed by atoms with Crippen molar-refractivity contribution in [3.05, 3.63) is 63.2 Å². The second kappa shape index (κ2) is 7.56. The summed E-state index contributed by atoms with van der Waals surface area (Å²) in [4.78, 5) is 25.0. The lowest BCUT2D eigenvalue weighted by molar-refractivity contribution is -0.384. The van der Waals surface area contributed by atoms with Gasteiger partial charge in [0.1, 0.15) is 0 Å². The van der Waals surface area contributed by atoms with Crippen molar-refractivity contribution in [1.82, 2.24) is 0 Å². The molecule has 6 nitrogen and oxygen atoms in total. The van der Waals surface area contributed by atoms with E-state index in [9.17, 15) is 14.9 Å². The van der Waals surface area contributed by atoms with Crippen LogP contribution in [0.2, 0.25) is 0 Å². The molecule has 0 aliphatic carbocycles. The van der Waals surface area contributed by atoms with E-state index >= 15 is 0 Å². The lowest BCUT2D eigenvalue weighted by Crippen LogP contribution is -2.32. The smallest absolute Gasteiger partial charge is 0.271 e. The lowest BCUT2D eigenvalue weighted by atomic mass is 9.99. The Hall–Kier alpha value is -2.89. The van der Waals surface area contributed by atoms with Crippen LogP contribution in [0, 0.1) is 24.0 Å². The van der Waals surface area contributed by atoms with Crippen molar-refractivity contribution < 1.29 is 9.72 Å². The average Bonchev–Trinajstić information content (AvgIpc) is 2.61. The van der Waals surface area contributed by atoms with Crippen molar-refractivity contribution in [3.63, 3.8) is 0 Å². The van der Waals surface area contributed by atoms with Gasteiger partial charge in [-0.15, -0.1) is 0 Å². The van der Waals surface area contributed by atoms with E-state index in [-0.39, 0.29) is 11.6 Å². The number of nitrogens with zero attached hydrogens (tertiary/aromatic N) is 2. The van der Waals surface area contributed by atoms with Gasteiger partial charge in [0, 0.05) is 37.3 Å². The Labute approximate surface area is 153 Å². The van der Waals surface area contributed by atoms with Crippen LogP contribution < -0.4 is 10.2 Å². The summed E-state index contributed by atoms with van der Waals surface area (Å²) in [7, 11) is 0. The van der Waals surface area contributed by atoms with Gasteiger partial charge in [0.15, 0.2) is 0 Å². The molecule has 1 heterocycles. The number of nitro benzene ring substituents is 1. The van der Waals surface area contributed by atoms with E-state index in [1.165, 1.54) is 28.9 Å². The van der Waals surface area contributed by atoms with Crippen LogP contribution in [0.5, 0.6) is 0 Å². The molecular formula is C20H23N3O3. The monoisotopic (exact) mass is 353 g/mol. The zero-order chi connectivity index (χ0) is 18.7. The molecule has 2 aromatic carbocycles. The quantitative estimate of drug-likeness (QED) is 0.651. The summed E-state index contributed by atoms with van der Waals surface area (Å²) in [5, 5.41) is 13.7. The van der Waals surface area contributed by atoms with Gasteiger partial charge >= 0.3 is 0 Å². The highest BCUT2D eigenvalue weighted by Gasteiger charge is 2.18. The third kappa shape index (κ3) is 4.02. The molecule has 6 heteroatoms. The summed E-state index contributed by atoms with van der Waals surface area (Å²) in [5.41, 5.74) is 5.09. The van der Waals surface area contributed by atoms with Gasteiger partial charge in [-0.25, -0.2) is 0 Å². The van der Waals surface area contributed by atoms with Gasteiger partial charge in [-0.05, 0) is 43.9 Å². The maximum Gasteiger partial charge on any atom is 0.271 e. The zero-order valence-electron chi connectivity index (χ0n) is 15.1. The topological polar surface area (TPSA) is 75.5 Å². The largest absolute Gasteiger partial charge is 0.371 e. The predicted molar refractivity (Wildman–Crippen MR) is 103 cm³/mol. The number of aryl methyl sites for hydroxylation is 3. The van der Waals surface area contributed by atoms with Crippen LogP contribution in [0.1, 0.15) is 29.5 Å². The van der Waals surface area contributed by atoms with Crippen molar-refractivity contribution in [3.8, 4) is 0 Å². The number of non-ortho nitro benzene ring substituents is 1. The Morgan fingerprint density at radius 3 is 2.81 bits per heavy atom. The number of hydrogen-bond acceptors (Lipinski definition) is 4. The zero-order valence-corrected chi connectivity index (χ0v) is 15.1. The molecule has 0 saturated heterocycles. The number of nitro groups is 1. The summed E-state index contributed by atoms with van der Waals surface area (Å²) >= 11 is 0. The molecule has 0 fully saturated rings. The number of carbonyl (C=O) groups excluding carboxylic acids is 1. The van der Waals surface area contributed by atoms with Crippen LogP contribution in [-0.2, 0) is 11.2 Å². The lowest BCUT2D eigenvalue weighted by Gasteiger charge is -2.31. The molecule has 1 N–H and O–H groups in total. The summed E-state index contributed by atoms with van der Waals surface area (Å²) < 4.78 is 0. The molecule has 1 aliphatic rings. The minimum atomic E-state index is -0.457. The highest BCUT2D eigenvalue weighted by atomic mass is 16.6. The van der Waals surface area contributed by atoms with Crippen LogP contribution in [-0.4, -0.2) is 23.9 Å². The fourth-order valence-electron chi connectivity index (χ4n) is 3.34. The van der Waals surface area contributed by atoms with E-state index in [2.05, 4.69) is 35.3 Å². The van der Waals surface area contributed by atoms with Gasteiger partial charge < -0.3 is 10.2 Å². The Bertz CT molecular complexity index is 848. The minimum absolute atomic E-state index is 0.0220. The highest BCUT2D eigenvalue weighted by Crippen LogP contribution is 2.28. The highest BCUT2D eigenvalue weighted by molar-refractivity contribution is 5.92. The maximum absolute atomic E-state index is 12.3. The van der Waals surface area contributed by atoms with Crippen LogP contribution in [0.15, 0.2) is 36.4 Å². The molecular weight excluding hydrogens is 330 g/mol. The first-order valence-electron chi connectivity index (χ1n) is 8.83. The summed E-state index contributed by atoms with van der Waals surface area (Å²) in [6.07, 6.45) is 2.50. The molecule has 1 aliphatic heterocycles. The van der Waals surface area contributed by atoms with Crippen molar-refractivity contribution in [2.45, 2.75) is 33.1 Å². The molecule has 0 unspecified atom stereocenters. The molecule has 0 spiro atoms. The minimum Gasteiger partial charge on any atom is -0.371 e. The second-order valence-corrected chi connectivity index (χ2v) is 6.78. The van der Waals surface area contributed by atoms with Crippen molar-refractivity contribution >= 4 is 23.0 Å². The molecule has 0 aromatic heterocycles. The van der Waals surface area contributed by atoms with Crippen LogP contribution in [0.3, 0.4) is 0 Å². The number of hydrogen-bond donors (Lipinski definition) is 1. The van der Waals surface area contributed by atoms with E-state index in [1.807, 2.05) is 6.92 Å². The molecule has 0 saturated carbocycles. The first-order valence-corrected chi connectivity index (χ1v) is 8.83. The standard InChI is InChI=1S/C20H23N3O3/c1-14-5-8-19-16(12-14)4-3-10-22(19)11-9-20(24)21-18-13-17(23(25)26)7-6-15(18)2/h5-8,12-13H,3-4,9-11H2,1-2H3,(H,21,24). The molecule has 1 amide bonds.